The third-order valence-electron chi connectivity index (χ3n) is 7.93. The van der Waals surface area contributed by atoms with Crippen LogP contribution in [0.25, 0.3) is 10.4 Å². The Hall–Kier alpha value is -3.48. The number of carbonyl (C=O) groups excluding carboxylic acids is 2. The summed E-state index contributed by atoms with van der Waals surface area (Å²) in [6.45, 7) is 9.01. The average Bonchev–Trinajstić information content (AvgIpc) is 3.56. The maximum absolute atomic E-state index is 13.7. The van der Waals surface area contributed by atoms with E-state index >= 15 is 0 Å². The lowest BCUT2D eigenvalue weighted by Gasteiger charge is -2.28. The molecular weight excluding hydrogens is 611 g/mol. The molecule has 242 valence electrons. The molecule has 2 aliphatic rings. The van der Waals surface area contributed by atoms with E-state index in [1.807, 2.05) is 44.2 Å². The first kappa shape index (κ1) is 32.9. The Morgan fingerprint density at radius 1 is 1.02 bits per heavy atom. The Labute approximate surface area is 269 Å². The first-order valence-electron chi connectivity index (χ1n) is 15.5. The summed E-state index contributed by atoms with van der Waals surface area (Å²) in [5.74, 6) is 0.222. The van der Waals surface area contributed by atoms with Gasteiger partial charge in [-0.1, -0.05) is 36.4 Å². The van der Waals surface area contributed by atoms with Crippen molar-refractivity contribution in [3.8, 4) is 10.4 Å². The molecule has 0 saturated heterocycles. The lowest BCUT2D eigenvalue weighted by atomic mass is 9.86. The van der Waals surface area contributed by atoms with Crippen LogP contribution in [0.1, 0.15) is 89.6 Å². The minimum absolute atomic E-state index is 0.0619. The number of rotatable bonds is 9. The Balaban J connectivity index is 1.33. The van der Waals surface area contributed by atoms with Gasteiger partial charge in [-0.25, -0.2) is 27.7 Å². The standard InChI is InChI=1S/C33H43N5O5S2/c1-21(2)43-31(40)36-24-13-11-22(12-14-24)29-34-20-27(44-29)26-16-15-25(19-28(26)45(41,42)38-32(3,4)5)35-30(39)37-33(17-18-33)23-9-7-6-8-10-23/h6-10,15-16,19-22,24,38H,11-14,17-18H2,1-5H3,(H,36,40)(H2,35,37,39). The molecule has 10 nitrogen and oxygen atoms in total. The summed E-state index contributed by atoms with van der Waals surface area (Å²) in [5, 5.41) is 9.83. The van der Waals surface area contributed by atoms with E-state index in [-0.39, 0.29) is 35.1 Å². The van der Waals surface area contributed by atoms with Gasteiger partial charge in [0.25, 0.3) is 0 Å². The summed E-state index contributed by atoms with van der Waals surface area (Å²) in [5.41, 5.74) is 0.835. The third-order valence-corrected chi connectivity index (χ3v) is 10.9. The molecule has 1 heterocycles. The molecule has 12 heteroatoms. The average molecular weight is 654 g/mol. The van der Waals surface area contributed by atoms with Gasteiger partial charge in [0.1, 0.15) is 0 Å². The zero-order valence-electron chi connectivity index (χ0n) is 26.5. The highest BCUT2D eigenvalue weighted by atomic mass is 32.2. The smallest absolute Gasteiger partial charge is 0.407 e. The molecule has 0 radical (unpaired) electrons. The Bertz CT molecular complexity index is 1620. The molecule has 2 fully saturated rings. The van der Waals surface area contributed by atoms with Crippen molar-refractivity contribution >= 4 is 39.2 Å². The summed E-state index contributed by atoms with van der Waals surface area (Å²) >= 11 is 1.48. The van der Waals surface area contributed by atoms with E-state index in [2.05, 4.69) is 20.7 Å². The van der Waals surface area contributed by atoms with Gasteiger partial charge in [-0.2, -0.15) is 0 Å². The number of hydrogen-bond donors (Lipinski definition) is 4. The fraction of sp³-hybridized carbons (Fsp3) is 0.485. The summed E-state index contributed by atoms with van der Waals surface area (Å²) in [6.07, 6.45) is 6.21. The second-order valence-electron chi connectivity index (χ2n) is 13.3. The predicted octanol–water partition coefficient (Wildman–Crippen LogP) is 6.86. The van der Waals surface area contributed by atoms with Gasteiger partial charge in [-0.3, -0.25) is 0 Å². The number of anilines is 1. The number of nitrogens with one attached hydrogen (secondary N) is 4. The fourth-order valence-corrected chi connectivity index (χ4v) is 8.59. The molecule has 2 saturated carbocycles. The number of aromatic nitrogens is 1. The number of sulfonamides is 1. The molecule has 1 aromatic heterocycles. The maximum atomic E-state index is 13.7. The Morgan fingerprint density at radius 3 is 2.33 bits per heavy atom. The molecule has 4 N–H and O–H groups in total. The minimum Gasteiger partial charge on any atom is -0.447 e. The van der Waals surface area contributed by atoms with Crippen molar-refractivity contribution in [1.82, 2.24) is 20.3 Å². The van der Waals surface area contributed by atoms with Crippen LogP contribution in [0.5, 0.6) is 0 Å². The highest BCUT2D eigenvalue weighted by molar-refractivity contribution is 7.89. The van der Waals surface area contributed by atoms with Crippen LogP contribution in [0.4, 0.5) is 15.3 Å². The van der Waals surface area contributed by atoms with Crippen LogP contribution in [-0.4, -0.2) is 43.2 Å². The van der Waals surface area contributed by atoms with Gasteiger partial charge < -0.3 is 20.7 Å². The number of thiazole rings is 1. The SMILES string of the molecule is CC(C)OC(=O)NC1CCC(c2ncc(-c3ccc(NC(=O)NC4(c5ccccc5)CC4)cc3S(=O)(=O)NC(C)(C)C)s2)CC1. The lowest BCUT2D eigenvalue weighted by Crippen LogP contribution is -2.40. The number of carbonyl (C=O) groups is 2. The van der Waals surface area contributed by atoms with E-state index in [1.165, 1.54) is 17.4 Å². The Morgan fingerprint density at radius 2 is 1.71 bits per heavy atom. The van der Waals surface area contributed by atoms with E-state index in [4.69, 9.17) is 9.72 Å². The van der Waals surface area contributed by atoms with Gasteiger partial charge in [0.05, 0.1) is 26.4 Å². The van der Waals surface area contributed by atoms with Crippen LogP contribution < -0.4 is 20.7 Å². The summed E-state index contributed by atoms with van der Waals surface area (Å²) in [7, 11) is -3.96. The molecule has 3 amide bonds. The normalized spacial score (nSPS) is 19.5. The number of ether oxygens (including phenoxy) is 1. The number of urea groups is 1. The van der Waals surface area contributed by atoms with E-state index in [0.29, 0.717) is 11.3 Å². The number of hydrogen-bond acceptors (Lipinski definition) is 7. The van der Waals surface area contributed by atoms with Gasteiger partial charge >= 0.3 is 12.1 Å². The predicted molar refractivity (Wildman–Crippen MR) is 177 cm³/mol. The zero-order valence-corrected chi connectivity index (χ0v) is 28.1. The second-order valence-corrected chi connectivity index (χ2v) is 16.0. The highest BCUT2D eigenvalue weighted by Crippen LogP contribution is 2.45. The summed E-state index contributed by atoms with van der Waals surface area (Å²) in [6, 6.07) is 14.5. The molecule has 0 unspecified atom stereocenters. The number of benzene rings is 2. The van der Waals surface area contributed by atoms with Crippen LogP contribution in [0.3, 0.4) is 0 Å². The van der Waals surface area contributed by atoms with Gasteiger partial charge in [0.2, 0.25) is 10.0 Å². The second kappa shape index (κ2) is 13.1. The third kappa shape index (κ3) is 8.42. The van der Waals surface area contributed by atoms with Crippen LogP contribution in [0.2, 0.25) is 0 Å². The monoisotopic (exact) mass is 653 g/mol. The van der Waals surface area contributed by atoms with Crippen molar-refractivity contribution in [3.05, 3.63) is 65.3 Å². The molecule has 2 aliphatic carbocycles. The van der Waals surface area contributed by atoms with Crippen LogP contribution >= 0.6 is 11.3 Å². The van der Waals surface area contributed by atoms with Gasteiger partial charge in [0, 0.05) is 34.9 Å². The van der Waals surface area contributed by atoms with Crippen molar-refractivity contribution in [3.63, 3.8) is 0 Å². The maximum Gasteiger partial charge on any atom is 0.407 e. The zero-order chi connectivity index (χ0) is 32.4. The van der Waals surface area contributed by atoms with E-state index in [0.717, 1.165) is 54.0 Å². The Kier molecular flexibility index (Phi) is 9.57. The molecule has 45 heavy (non-hydrogen) atoms. The number of nitrogens with zero attached hydrogens (tertiary/aromatic N) is 1. The van der Waals surface area contributed by atoms with Crippen molar-refractivity contribution in [2.75, 3.05) is 5.32 Å². The molecule has 2 aromatic carbocycles. The largest absolute Gasteiger partial charge is 0.447 e. The molecular formula is C33H43N5O5S2. The molecule has 0 bridgehead atoms. The van der Waals surface area contributed by atoms with Crippen molar-refractivity contribution in [1.29, 1.82) is 0 Å². The van der Waals surface area contributed by atoms with Crippen molar-refractivity contribution < 1.29 is 22.7 Å². The summed E-state index contributed by atoms with van der Waals surface area (Å²) in [4.78, 5) is 30.6. The first-order chi connectivity index (χ1) is 21.2. The van der Waals surface area contributed by atoms with Crippen LogP contribution in [-0.2, 0) is 20.3 Å². The number of alkyl carbamates (subject to hydrolysis) is 1. The molecule has 0 atom stereocenters. The van der Waals surface area contributed by atoms with Crippen LogP contribution in [0.15, 0.2) is 59.6 Å². The minimum atomic E-state index is -3.96. The van der Waals surface area contributed by atoms with Crippen molar-refractivity contribution in [2.45, 2.75) is 107 Å². The number of amides is 3. The quantitative estimate of drug-likeness (QED) is 0.199. The topological polar surface area (TPSA) is 139 Å². The van der Waals surface area contributed by atoms with Crippen molar-refractivity contribution in [2.24, 2.45) is 0 Å². The van der Waals surface area contributed by atoms with E-state index in [1.54, 1.807) is 39.1 Å². The summed E-state index contributed by atoms with van der Waals surface area (Å²) < 4.78 is 35.4. The molecule has 5 rings (SSSR count). The first-order valence-corrected chi connectivity index (χ1v) is 17.8. The van der Waals surface area contributed by atoms with Gasteiger partial charge in [-0.05, 0) is 90.8 Å². The molecule has 0 aliphatic heterocycles. The van der Waals surface area contributed by atoms with Gasteiger partial charge in [-0.15, -0.1) is 11.3 Å². The fourth-order valence-electron chi connectivity index (χ4n) is 5.73. The van der Waals surface area contributed by atoms with Gasteiger partial charge in [0.15, 0.2) is 0 Å². The van der Waals surface area contributed by atoms with E-state index < -0.39 is 21.1 Å². The van der Waals surface area contributed by atoms with E-state index in [9.17, 15) is 18.0 Å². The van der Waals surface area contributed by atoms with Crippen LogP contribution in [0, 0.1) is 0 Å². The molecule has 0 spiro atoms. The highest BCUT2D eigenvalue weighted by Gasteiger charge is 2.45. The molecule has 3 aromatic rings. The lowest BCUT2D eigenvalue weighted by molar-refractivity contribution is 0.109.